The van der Waals surface area contributed by atoms with Gasteiger partial charge in [0, 0.05) is 59.4 Å². The normalized spacial score (nSPS) is 20.8. The van der Waals surface area contributed by atoms with Crippen LogP contribution in [-0.4, -0.2) is 52.8 Å². The largest absolute Gasteiger partial charge is 0.478 e. The van der Waals surface area contributed by atoms with Crippen LogP contribution in [-0.2, 0) is 6.54 Å². The maximum absolute atomic E-state index is 11.9. The lowest BCUT2D eigenvalue weighted by Crippen LogP contribution is -2.39. The number of carboxylic acid groups (broad SMARTS) is 1. The summed E-state index contributed by atoms with van der Waals surface area (Å²) in [6.07, 6.45) is 11.4. The van der Waals surface area contributed by atoms with Gasteiger partial charge in [-0.2, -0.15) is 0 Å². The molecule has 0 spiro atoms. The fourth-order valence-corrected chi connectivity index (χ4v) is 7.50. The molecule has 0 radical (unpaired) electrons. The lowest BCUT2D eigenvalue weighted by atomic mass is 9.81. The summed E-state index contributed by atoms with van der Waals surface area (Å²) in [7, 11) is 0. The van der Waals surface area contributed by atoms with Crippen LogP contribution >= 0.6 is 11.6 Å². The molecule has 1 unspecified atom stereocenters. The zero-order chi connectivity index (χ0) is 26.2. The number of carbonyl (C=O) groups is 1. The quantitative estimate of drug-likeness (QED) is 0.351. The van der Waals surface area contributed by atoms with Gasteiger partial charge in [-0.15, -0.1) is 0 Å². The smallest absolute Gasteiger partial charge is 0.335 e. The summed E-state index contributed by atoms with van der Waals surface area (Å²) in [6, 6.07) is 12.8. The van der Waals surface area contributed by atoms with Crippen molar-refractivity contribution >= 4 is 34.2 Å². The van der Waals surface area contributed by atoms with Crippen LogP contribution in [0.25, 0.3) is 22.2 Å². The molecule has 1 aliphatic carbocycles. The molecule has 0 amide bonds. The number of halogens is 1. The van der Waals surface area contributed by atoms with Crippen molar-refractivity contribution in [2.75, 3.05) is 31.1 Å². The summed E-state index contributed by atoms with van der Waals surface area (Å²) in [4.78, 5) is 17.1. The van der Waals surface area contributed by atoms with E-state index >= 15 is 0 Å². The van der Waals surface area contributed by atoms with Gasteiger partial charge in [-0.3, -0.25) is 0 Å². The van der Waals surface area contributed by atoms with E-state index in [-0.39, 0.29) is 0 Å². The Kier molecular flexibility index (Phi) is 7.41. The van der Waals surface area contributed by atoms with Crippen LogP contribution in [0.2, 0.25) is 5.02 Å². The average molecular weight is 534 g/mol. The Bertz CT molecular complexity index is 1330. The van der Waals surface area contributed by atoms with E-state index < -0.39 is 5.97 Å². The molecular formula is C32H40ClN3O2. The van der Waals surface area contributed by atoms with Crippen molar-refractivity contribution < 1.29 is 9.90 Å². The number of hydrogen-bond acceptors (Lipinski definition) is 3. The number of likely N-dealkylation sites (tertiary alicyclic amines) is 1. The summed E-state index contributed by atoms with van der Waals surface area (Å²) >= 11 is 6.61. The van der Waals surface area contributed by atoms with Crippen LogP contribution in [0, 0.1) is 0 Å². The van der Waals surface area contributed by atoms with Crippen molar-refractivity contribution in [3.63, 3.8) is 0 Å². The zero-order valence-corrected chi connectivity index (χ0v) is 23.3. The highest BCUT2D eigenvalue weighted by Crippen LogP contribution is 2.48. The number of aromatic nitrogens is 1. The second-order valence-electron chi connectivity index (χ2n) is 11.7. The Morgan fingerprint density at radius 1 is 0.947 bits per heavy atom. The SMILES string of the molecule is CC1CCCCN1CCCN1CCn2c(c(C3CCCCC3)c3ccc(C(=O)O)cc32)-c2ccc(Cl)cc21. The van der Waals surface area contributed by atoms with Gasteiger partial charge in [0.1, 0.15) is 0 Å². The van der Waals surface area contributed by atoms with E-state index in [2.05, 4.69) is 39.5 Å². The highest BCUT2D eigenvalue weighted by atomic mass is 35.5. The molecule has 1 saturated heterocycles. The van der Waals surface area contributed by atoms with Gasteiger partial charge >= 0.3 is 5.97 Å². The maximum atomic E-state index is 11.9. The Morgan fingerprint density at radius 2 is 1.76 bits per heavy atom. The van der Waals surface area contributed by atoms with Gasteiger partial charge in [0.25, 0.3) is 0 Å². The fourth-order valence-electron chi connectivity index (χ4n) is 7.33. The Labute approximate surface area is 231 Å². The molecule has 1 N–H and O–H groups in total. The Morgan fingerprint density at radius 3 is 2.55 bits per heavy atom. The van der Waals surface area contributed by atoms with Crippen molar-refractivity contribution in [1.29, 1.82) is 0 Å². The molecule has 6 heteroatoms. The fraction of sp³-hybridized carbons (Fsp3) is 0.531. The van der Waals surface area contributed by atoms with Crippen LogP contribution in [0.5, 0.6) is 0 Å². The molecule has 3 aromatic rings. The Balaban J connectivity index is 1.41. The molecule has 2 aromatic carbocycles. The molecule has 2 aliphatic heterocycles. The molecule has 1 saturated carbocycles. The molecule has 1 atom stereocenters. The second kappa shape index (κ2) is 10.9. The topological polar surface area (TPSA) is 48.7 Å². The van der Waals surface area contributed by atoms with E-state index in [0.717, 1.165) is 43.1 Å². The number of benzene rings is 2. The standard InChI is InChI=1S/C32H40ClN3O2/c1-22-8-5-6-15-34(22)16-7-17-35-18-19-36-29-20-24(32(37)38)11-13-26(29)30(23-9-3-2-4-10-23)31(36)27-14-12-25(33)21-28(27)35/h11-14,20-23H,2-10,15-19H2,1H3,(H,37,38). The molecule has 38 heavy (non-hydrogen) atoms. The third-order valence-corrected chi connectivity index (χ3v) is 9.56. The van der Waals surface area contributed by atoms with Gasteiger partial charge in [-0.05, 0) is 87.4 Å². The lowest BCUT2D eigenvalue weighted by molar-refractivity contribution is 0.0697. The molecule has 1 aromatic heterocycles. The van der Waals surface area contributed by atoms with Gasteiger partial charge in [0.15, 0.2) is 0 Å². The lowest BCUT2D eigenvalue weighted by Gasteiger charge is -2.34. The van der Waals surface area contributed by atoms with E-state index in [9.17, 15) is 9.90 Å². The molecule has 6 rings (SSSR count). The summed E-state index contributed by atoms with van der Waals surface area (Å²) in [5.74, 6) is -0.357. The minimum atomic E-state index is -0.865. The van der Waals surface area contributed by atoms with E-state index in [1.54, 1.807) is 6.07 Å². The van der Waals surface area contributed by atoms with Crippen LogP contribution in [0.15, 0.2) is 36.4 Å². The van der Waals surface area contributed by atoms with E-state index in [1.165, 1.54) is 85.8 Å². The first-order valence-electron chi connectivity index (χ1n) is 14.7. The van der Waals surface area contributed by atoms with E-state index in [0.29, 0.717) is 17.5 Å². The van der Waals surface area contributed by atoms with Crippen LogP contribution in [0.1, 0.15) is 86.6 Å². The molecule has 5 nitrogen and oxygen atoms in total. The van der Waals surface area contributed by atoms with Crippen molar-refractivity contribution in [3.05, 3.63) is 52.5 Å². The van der Waals surface area contributed by atoms with Crippen LogP contribution in [0.3, 0.4) is 0 Å². The number of rotatable bonds is 6. The van der Waals surface area contributed by atoms with Crippen LogP contribution in [0.4, 0.5) is 5.69 Å². The van der Waals surface area contributed by atoms with Crippen molar-refractivity contribution in [2.45, 2.75) is 83.2 Å². The second-order valence-corrected chi connectivity index (χ2v) is 12.1. The first-order valence-corrected chi connectivity index (χ1v) is 15.1. The number of nitrogens with zero attached hydrogens (tertiary/aromatic N) is 3. The van der Waals surface area contributed by atoms with Crippen molar-refractivity contribution in [3.8, 4) is 11.3 Å². The number of hydrogen-bond donors (Lipinski definition) is 1. The molecule has 3 aliphatic rings. The average Bonchev–Trinajstić information content (AvgIpc) is 3.16. The van der Waals surface area contributed by atoms with Crippen molar-refractivity contribution in [2.24, 2.45) is 0 Å². The molecular weight excluding hydrogens is 494 g/mol. The number of carboxylic acids is 1. The molecule has 202 valence electrons. The molecule has 2 fully saturated rings. The van der Waals surface area contributed by atoms with Crippen molar-refractivity contribution in [1.82, 2.24) is 9.47 Å². The third kappa shape index (κ3) is 4.84. The molecule has 3 heterocycles. The highest BCUT2D eigenvalue weighted by molar-refractivity contribution is 6.31. The maximum Gasteiger partial charge on any atom is 0.335 e. The van der Waals surface area contributed by atoms with E-state index in [1.807, 2.05) is 12.1 Å². The predicted octanol–water partition coefficient (Wildman–Crippen LogP) is 7.79. The first kappa shape index (κ1) is 25.8. The minimum Gasteiger partial charge on any atom is -0.478 e. The number of fused-ring (bicyclic) bond motifs is 5. The minimum absolute atomic E-state index is 0.362. The van der Waals surface area contributed by atoms with Crippen LogP contribution < -0.4 is 4.90 Å². The van der Waals surface area contributed by atoms with Gasteiger partial charge in [0.2, 0.25) is 0 Å². The first-order chi connectivity index (χ1) is 18.5. The van der Waals surface area contributed by atoms with Gasteiger partial charge in [-0.1, -0.05) is 43.4 Å². The van der Waals surface area contributed by atoms with E-state index in [4.69, 9.17) is 11.6 Å². The Hall–Kier alpha value is -2.50. The summed E-state index contributed by atoms with van der Waals surface area (Å²) in [6.45, 7) is 7.46. The number of piperidine rings is 1. The predicted molar refractivity (Wildman–Crippen MR) is 157 cm³/mol. The molecule has 0 bridgehead atoms. The van der Waals surface area contributed by atoms with Gasteiger partial charge in [0.05, 0.1) is 11.3 Å². The number of anilines is 1. The summed E-state index contributed by atoms with van der Waals surface area (Å²) < 4.78 is 2.42. The summed E-state index contributed by atoms with van der Waals surface area (Å²) in [5.41, 5.74) is 6.59. The van der Waals surface area contributed by atoms with Gasteiger partial charge in [-0.25, -0.2) is 4.79 Å². The third-order valence-electron chi connectivity index (χ3n) is 9.33. The number of aromatic carboxylic acids is 1. The summed E-state index contributed by atoms with van der Waals surface area (Å²) in [5, 5.41) is 11.8. The monoisotopic (exact) mass is 533 g/mol. The highest BCUT2D eigenvalue weighted by Gasteiger charge is 2.31. The van der Waals surface area contributed by atoms with Gasteiger partial charge < -0.3 is 19.5 Å². The zero-order valence-electron chi connectivity index (χ0n) is 22.6.